The number of fused-ring (bicyclic) bond motifs is 1. The van der Waals surface area contributed by atoms with Gasteiger partial charge in [0.25, 0.3) is 5.89 Å². The number of hydrogen-bond acceptors (Lipinski definition) is 7. The Morgan fingerprint density at radius 2 is 2.21 bits per heavy atom. The van der Waals surface area contributed by atoms with Gasteiger partial charge >= 0.3 is 5.97 Å². The van der Waals surface area contributed by atoms with Crippen molar-refractivity contribution < 1.29 is 14.1 Å². The Balaban J connectivity index is 1.40. The molecule has 0 spiro atoms. The summed E-state index contributed by atoms with van der Waals surface area (Å²) in [5, 5.41) is 7.80. The molecule has 5 nitrogen and oxygen atoms in total. The highest BCUT2D eigenvalue weighted by Gasteiger charge is 2.18. The minimum absolute atomic E-state index is 0.00145. The lowest BCUT2D eigenvalue weighted by Crippen LogP contribution is -2.03. The van der Waals surface area contributed by atoms with Gasteiger partial charge in [-0.25, -0.2) is 4.79 Å². The summed E-state index contributed by atoms with van der Waals surface area (Å²) in [5.74, 6) is 0.510. The van der Waals surface area contributed by atoms with Crippen molar-refractivity contribution in [3.63, 3.8) is 0 Å². The molecule has 0 saturated carbocycles. The molecule has 1 aliphatic rings. The maximum Gasteiger partial charge on any atom is 0.348 e. The molecule has 124 valence electrons. The van der Waals surface area contributed by atoms with E-state index >= 15 is 0 Å². The van der Waals surface area contributed by atoms with Crippen LogP contribution in [0.3, 0.4) is 0 Å². The van der Waals surface area contributed by atoms with Crippen LogP contribution in [0.5, 0.6) is 0 Å². The van der Waals surface area contributed by atoms with E-state index in [1.165, 1.54) is 29.7 Å². The summed E-state index contributed by atoms with van der Waals surface area (Å²) in [6.07, 6.45) is 5.80. The average Bonchev–Trinajstić information content (AvgIpc) is 3.31. The monoisotopic (exact) mass is 360 g/mol. The fraction of sp³-hybridized carbons (Fsp3) is 0.353. The van der Waals surface area contributed by atoms with Crippen LogP contribution in [0.15, 0.2) is 27.4 Å². The fourth-order valence-corrected chi connectivity index (χ4v) is 4.57. The lowest BCUT2D eigenvalue weighted by Gasteiger charge is -1.98. The highest BCUT2D eigenvalue weighted by Crippen LogP contribution is 2.29. The maximum atomic E-state index is 12.3. The van der Waals surface area contributed by atoms with Crippen molar-refractivity contribution in [2.75, 3.05) is 0 Å². The number of hydrogen-bond donors (Lipinski definition) is 0. The molecule has 0 aliphatic heterocycles. The van der Waals surface area contributed by atoms with Gasteiger partial charge < -0.3 is 9.26 Å². The van der Waals surface area contributed by atoms with Gasteiger partial charge in [-0.15, -0.1) is 11.3 Å². The molecule has 24 heavy (non-hydrogen) atoms. The Morgan fingerprint density at radius 3 is 3.08 bits per heavy atom. The summed E-state index contributed by atoms with van der Waals surface area (Å²) < 4.78 is 10.5. The van der Waals surface area contributed by atoms with Crippen LogP contribution in [0.4, 0.5) is 0 Å². The molecular weight excluding hydrogens is 344 g/mol. The number of thiophene rings is 2. The van der Waals surface area contributed by atoms with Crippen molar-refractivity contribution in [1.29, 1.82) is 0 Å². The zero-order valence-electron chi connectivity index (χ0n) is 13.0. The zero-order valence-corrected chi connectivity index (χ0v) is 14.6. The summed E-state index contributed by atoms with van der Waals surface area (Å²) in [7, 11) is 0. The van der Waals surface area contributed by atoms with Crippen molar-refractivity contribution in [2.24, 2.45) is 0 Å². The predicted octanol–water partition coefficient (Wildman–Crippen LogP) is 4.49. The summed E-state index contributed by atoms with van der Waals surface area (Å²) in [4.78, 5) is 18.5. The first-order chi connectivity index (χ1) is 11.8. The molecule has 0 fully saturated rings. The maximum absolute atomic E-state index is 12.3. The number of aromatic nitrogens is 2. The Hall–Kier alpha value is -1.99. The Labute approximate surface area is 147 Å². The lowest BCUT2D eigenvalue weighted by atomic mass is 10.1. The van der Waals surface area contributed by atoms with Gasteiger partial charge in [-0.2, -0.15) is 16.3 Å². The number of esters is 1. The van der Waals surface area contributed by atoms with Gasteiger partial charge in [-0.1, -0.05) is 11.6 Å². The molecule has 4 rings (SSSR count). The van der Waals surface area contributed by atoms with Gasteiger partial charge in [0.1, 0.15) is 4.88 Å². The number of carbonyl (C=O) groups is 1. The molecule has 0 N–H and O–H groups in total. The highest BCUT2D eigenvalue weighted by molar-refractivity contribution is 7.14. The van der Waals surface area contributed by atoms with Gasteiger partial charge in [0, 0.05) is 15.8 Å². The Kier molecular flexibility index (Phi) is 4.44. The van der Waals surface area contributed by atoms with E-state index in [1.807, 2.05) is 22.9 Å². The number of aryl methyl sites for hydroxylation is 2. The van der Waals surface area contributed by atoms with Crippen LogP contribution in [0.25, 0.3) is 11.4 Å². The van der Waals surface area contributed by atoms with Crippen molar-refractivity contribution in [3.8, 4) is 11.4 Å². The molecule has 0 saturated heterocycles. The van der Waals surface area contributed by atoms with E-state index in [0.717, 1.165) is 18.4 Å². The highest BCUT2D eigenvalue weighted by atomic mass is 32.1. The van der Waals surface area contributed by atoms with Crippen molar-refractivity contribution in [1.82, 2.24) is 10.1 Å². The Morgan fingerprint density at radius 1 is 1.29 bits per heavy atom. The summed E-state index contributed by atoms with van der Waals surface area (Å²) in [6, 6.07) is 3.91. The molecule has 3 aromatic heterocycles. The first kappa shape index (κ1) is 15.5. The van der Waals surface area contributed by atoms with Crippen LogP contribution in [0.2, 0.25) is 0 Å². The van der Waals surface area contributed by atoms with Crippen molar-refractivity contribution >= 4 is 28.6 Å². The smallest absolute Gasteiger partial charge is 0.348 e. The molecular formula is C17H16N2O3S2. The first-order valence-corrected chi connectivity index (χ1v) is 9.69. The van der Waals surface area contributed by atoms with E-state index in [9.17, 15) is 4.79 Å². The van der Waals surface area contributed by atoms with E-state index in [-0.39, 0.29) is 12.6 Å². The van der Waals surface area contributed by atoms with E-state index in [2.05, 4.69) is 10.1 Å². The second-order valence-electron chi connectivity index (χ2n) is 5.72. The van der Waals surface area contributed by atoms with E-state index in [0.29, 0.717) is 16.6 Å². The molecule has 3 aromatic rings. The predicted molar refractivity (Wildman–Crippen MR) is 92.3 cm³/mol. The molecule has 3 heterocycles. The van der Waals surface area contributed by atoms with E-state index in [4.69, 9.17) is 9.26 Å². The van der Waals surface area contributed by atoms with Crippen LogP contribution in [0.1, 0.15) is 45.3 Å². The lowest BCUT2D eigenvalue weighted by molar-refractivity contribution is 0.0435. The van der Waals surface area contributed by atoms with Crippen LogP contribution >= 0.6 is 22.7 Å². The van der Waals surface area contributed by atoms with Crippen molar-refractivity contribution in [2.45, 2.75) is 38.7 Å². The second kappa shape index (κ2) is 6.86. The van der Waals surface area contributed by atoms with Gasteiger partial charge in [0.2, 0.25) is 5.82 Å². The minimum Gasteiger partial charge on any atom is -0.451 e. The van der Waals surface area contributed by atoms with Crippen molar-refractivity contribution in [3.05, 3.63) is 44.1 Å². The first-order valence-electron chi connectivity index (χ1n) is 7.93. The largest absolute Gasteiger partial charge is 0.451 e. The van der Waals surface area contributed by atoms with Crippen LogP contribution in [-0.4, -0.2) is 16.1 Å². The zero-order chi connectivity index (χ0) is 16.4. The summed E-state index contributed by atoms with van der Waals surface area (Å²) in [6.45, 7) is -0.00145. The third-order valence-corrected chi connectivity index (χ3v) is 5.92. The molecule has 0 atom stereocenters. The topological polar surface area (TPSA) is 65.2 Å². The molecule has 0 amide bonds. The third kappa shape index (κ3) is 3.27. The molecule has 0 unspecified atom stereocenters. The van der Waals surface area contributed by atoms with Crippen LogP contribution < -0.4 is 0 Å². The third-order valence-electron chi connectivity index (χ3n) is 4.02. The standard InChI is InChI=1S/C17H16N2O3S2/c20-17(14-8-11-4-2-1-3-5-13(11)24-14)21-9-15-18-16(19-22-15)12-6-7-23-10-12/h6-8,10H,1-5,9H2. The molecule has 7 heteroatoms. The number of carbonyl (C=O) groups excluding carboxylic acids is 1. The SMILES string of the molecule is O=C(OCc1nc(-c2ccsc2)no1)c1cc2c(s1)CCCCC2. The van der Waals surface area contributed by atoms with Crippen LogP contribution in [-0.2, 0) is 24.2 Å². The number of nitrogens with zero attached hydrogens (tertiary/aromatic N) is 2. The molecule has 0 aromatic carbocycles. The molecule has 0 bridgehead atoms. The molecule has 0 radical (unpaired) electrons. The Bertz CT molecular complexity index is 813. The number of rotatable bonds is 4. The summed E-state index contributed by atoms with van der Waals surface area (Å²) in [5.41, 5.74) is 2.21. The molecule has 1 aliphatic carbocycles. The minimum atomic E-state index is -0.316. The average molecular weight is 360 g/mol. The van der Waals surface area contributed by atoms with Gasteiger partial charge in [0.05, 0.1) is 0 Å². The quantitative estimate of drug-likeness (QED) is 0.507. The van der Waals surface area contributed by atoms with E-state index in [1.54, 1.807) is 22.7 Å². The summed E-state index contributed by atoms with van der Waals surface area (Å²) >= 11 is 3.12. The van der Waals surface area contributed by atoms with Gasteiger partial charge in [-0.05, 0) is 48.8 Å². The normalized spacial score (nSPS) is 14.2. The van der Waals surface area contributed by atoms with Gasteiger partial charge in [0.15, 0.2) is 6.61 Å². The van der Waals surface area contributed by atoms with Crippen LogP contribution in [0, 0.1) is 0 Å². The van der Waals surface area contributed by atoms with Gasteiger partial charge in [-0.3, -0.25) is 0 Å². The number of ether oxygens (including phenoxy) is 1. The second-order valence-corrected chi connectivity index (χ2v) is 7.64. The fourth-order valence-electron chi connectivity index (χ4n) is 2.79. The van der Waals surface area contributed by atoms with E-state index < -0.39 is 0 Å².